The molecule has 0 N–H and O–H groups in total. The summed E-state index contributed by atoms with van der Waals surface area (Å²) >= 11 is 2.80. The van der Waals surface area contributed by atoms with Crippen LogP contribution >= 0.6 is 28.3 Å². The van der Waals surface area contributed by atoms with Crippen molar-refractivity contribution in [1.82, 2.24) is 14.4 Å². The van der Waals surface area contributed by atoms with Crippen LogP contribution in [0.5, 0.6) is 0 Å². The Balaban J connectivity index is 3.07. The van der Waals surface area contributed by atoms with E-state index in [1.54, 1.807) is 0 Å². The first kappa shape index (κ1) is 8.66. The number of aromatic nitrogens is 3. The molecule has 0 bridgehead atoms. The van der Waals surface area contributed by atoms with Crippen molar-refractivity contribution in [3.05, 3.63) is 10.3 Å². The molecule has 0 radical (unpaired) electrons. The summed E-state index contributed by atoms with van der Waals surface area (Å²) in [6.45, 7) is 1.34. The maximum atomic E-state index is 11.8. The number of hydrogen-bond acceptors (Lipinski definition) is 4. The number of rotatable bonds is 2. The molecule has 0 amide bonds. The van der Waals surface area contributed by atoms with Gasteiger partial charge in [0.25, 0.3) is 0 Å². The second kappa shape index (κ2) is 3.31. The molecule has 1 aromatic heterocycles. The molecule has 0 saturated carbocycles. The Morgan fingerprint density at radius 1 is 1.73 bits per heavy atom. The van der Waals surface area contributed by atoms with Crippen LogP contribution in [0.4, 0.5) is 3.89 Å². The van der Waals surface area contributed by atoms with Gasteiger partial charge >= 0.3 is 0 Å². The fraction of sp³-hybridized carbons (Fsp3) is 0.250. The summed E-state index contributed by atoms with van der Waals surface area (Å²) in [4.78, 5) is 10.7. The molecular formula is C4H3BrFN3OS. The normalized spacial score (nSPS) is 10.1. The SMILES string of the molecule is CC(=O)c1nn(SF)nc1Br. The highest BCUT2D eigenvalue weighted by atomic mass is 79.9. The van der Waals surface area contributed by atoms with Crippen LogP contribution in [0.3, 0.4) is 0 Å². The summed E-state index contributed by atoms with van der Waals surface area (Å²) in [7, 11) is 0. The van der Waals surface area contributed by atoms with Gasteiger partial charge in [0.1, 0.15) is 0 Å². The van der Waals surface area contributed by atoms with Crippen LogP contribution in [-0.4, -0.2) is 20.2 Å². The summed E-state index contributed by atoms with van der Waals surface area (Å²) in [6, 6.07) is 0. The Labute approximate surface area is 74.7 Å². The van der Waals surface area contributed by atoms with Crippen LogP contribution < -0.4 is 0 Å². The zero-order chi connectivity index (χ0) is 8.43. The van der Waals surface area contributed by atoms with Crippen LogP contribution in [0.1, 0.15) is 17.4 Å². The molecule has 0 aliphatic rings. The highest BCUT2D eigenvalue weighted by Gasteiger charge is 2.12. The quantitative estimate of drug-likeness (QED) is 0.737. The average Bonchev–Trinajstić information content (AvgIpc) is 2.30. The molecule has 0 unspecified atom stereocenters. The molecule has 0 aromatic carbocycles. The molecule has 0 aliphatic carbocycles. The van der Waals surface area contributed by atoms with Gasteiger partial charge in [-0.25, -0.2) is 0 Å². The third-order valence-electron chi connectivity index (χ3n) is 0.949. The molecule has 1 heterocycles. The fourth-order valence-electron chi connectivity index (χ4n) is 0.518. The van der Waals surface area contributed by atoms with Gasteiger partial charge in [0.05, 0.1) is 0 Å². The maximum Gasteiger partial charge on any atom is 0.207 e. The van der Waals surface area contributed by atoms with Gasteiger partial charge in [-0.1, -0.05) is 4.20 Å². The number of ketones is 1. The Kier molecular flexibility index (Phi) is 2.61. The molecule has 7 heteroatoms. The van der Waals surface area contributed by atoms with Gasteiger partial charge in [-0.15, -0.1) is 14.1 Å². The van der Waals surface area contributed by atoms with Gasteiger partial charge in [0.15, 0.2) is 16.1 Å². The Morgan fingerprint density at radius 3 is 2.64 bits per heavy atom. The van der Waals surface area contributed by atoms with E-state index < -0.39 is 0 Å². The summed E-state index contributed by atoms with van der Waals surface area (Å²) < 4.78 is 12.8. The van der Waals surface area contributed by atoms with Crippen molar-refractivity contribution >= 4 is 34.0 Å². The number of carbonyl (C=O) groups excluding carboxylic acids is 1. The fourth-order valence-corrected chi connectivity index (χ4v) is 1.36. The van der Waals surface area contributed by atoms with Crippen LogP contribution in [0.25, 0.3) is 0 Å². The summed E-state index contributed by atoms with van der Waals surface area (Å²) in [5, 5.41) is 7.06. The molecule has 0 spiro atoms. The standard InChI is InChI=1S/C4H3BrFN3OS/c1-2(10)3-4(5)8-9(7-3)11-6/h1H3. The van der Waals surface area contributed by atoms with Crippen LogP contribution in [-0.2, 0) is 0 Å². The van der Waals surface area contributed by atoms with E-state index in [9.17, 15) is 8.68 Å². The van der Waals surface area contributed by atoms with E-state index >= 15 is 0 Å². The van der Waals surface area contributed by atoms with E-state index in [1.807, 2.05) is 0 Å². The molecule has 0 fully saturated rings. The van der Waals surface area contributed by atoms with Gasteiger partial charge in [0, 0.05) is 6.92 Å². The number of halogens is 2. The van der Waals surface area contributed by atoms with Gasteiger partial charge in [-0.3, -0.25) is 4.79 Å². The lowest BCUT2D eigenvalue weighted by Gasteiger charge is -1.82. The van der Waals surface area contributed by atoms with E-state index in [0.29, 0.717) is 0 Å². The first-order chi connectivity index (χ1) is 5.15. The highest BCUT2D eigenvalue weighted by molar-refractivity contribution is 9.10. The molecule has 0 atom stereocenters. The van der Waals surface area contributed by atoms with E-state index in [1.165, 1.54) is 6.92 Å². The van der Waals surface area contributed by atoms with Gasteiger partial charge in [0.2, 0.25) is 12.3 Å². The lowest BCUT2D eigenvalue weighted by atomic mass is 10.3. The summed E-state index contributed by atoms with van der Waals surface area (Å²) in [5.41, 5.74) is 0.134. The van der Waals surface area contributed by atoms with E-state index in [-0.39, 0.29) is 28.4 Å². The largest absolute Gasteiger partial charge is 0.293 e. The Bertz CT molecular complexity index is 289. The molecule has 11 heavy (non-hydrogen) atoms. The zero-order valence-corrected chi connectivity index (χ0v) is 7.82. The zero-order valence-electron chi connectivity index (χ0n) is 5.41. The van der Waals surface area contributed by atoms with Crippen molar-refractivity contribution in [2.45, 2.75) is 6.92 Å². The molecule has 60 valence electrons. The minimum atomic E-state index is -0.253. The minimum absolute atomic E-state index is 0.134. The van der Waals surface area contributed by atoms with Gasteiger partial charge in [-0.2, -0.15) is 0 Å². The van der Waals surface area contributed by atoms with Gasteiger partial charge in [-0.05, 0) is 15.9 Å². The first-order valence-corrected chi connectivity index (χ1v) is 4.04. The predicted octanol–water partition coefficient (Wildman–Crippen LogP) is 1.62. The van der Waals surface area contributed by atoms with Crippen molar-refractivity contribution in [1.29, 1.82) is 0 Å². The maximum absolute atomic E-state index is 11.8. The third-order valence-corrected chi connectivity index (χ3v) is 1.77. The summed E-state index contributed by atoms with van der Waals surface area (Å²) in [6.07, 6.45) is 0. The summed E-state index contributed by atoms with van der Waals surface area (Å²) in [5.74, 6) is -0.253. The molecule has 0 aliphatic heterocycles. The predicted molar refractivity (Wildman–Crippen MR) is 41.8 cm³/mol. The van der Waals surface area contributed by atoms with E-state index in [0.717, 1.165) is 4.20 Å². The number of nitrogens with zero attached hydrogens (tertiary/aromatic N) is 3. The van der Waals surface area contributed by atoms with Crippen LogP contribution in [0.15, 0.2) is 4.60 Å². The Hall–Kier alpha value is -0.430. The monoisotopic (exact) mass is 239 g/mol. The number of hydrogen-bond donors (Lipinski definition) is 0. The van der Waals surface area contributed by atoms with Crippen molar-refractivity contribution in [3.8, 4) is 0 Å². The molecule has 0 saturated heterocycles. The number of Topliss-reactive ketones (excluding diaryl/α,β-unsaturated/α-hetero) is 1. The third kappa shape index (κ3) is 1.78. The van der Waals surface area contributed by atoms with Crippen LogP contribution in [0.2, 0.25) is 0 Å². The second-order valence-corrected chi connectivity index (χ2v) is 2.93. The number of carbonyl (C=O) groups is 1. The Morgan fingerprint density at radius 2 is 2.36 bits per heavy atom. The first-order valence-electron chi connectivity index (χ1n) is 2.58. The van der Waals surface area contributed by atoms with E-state index in [2.05, 4.69) is 26.1 Å². The topological polar surface area (TPSA) is 47.8 Å². The van der Waals surface area contributed by atoms with E-state index in [4.69, 9.17) is 0 Å². The molecule has 1 rings (SSSR count). The van der Waals surface area contributed by atoms with Crippen molar-refractivity contribution in [3.63, 3.8) is 0 Å². The smallest absolute Gasteiger partial charge is 0.207 e. The lowest BCUT2D eigenvalue weighted by Crippen LogP contribution is -1.94. The van der Waals surface area contributed by atoms with Crippen LogP contribution in [0, 0.1) is 0 Å². The highest BCUT2D eigenvalue weighted by Crippen LogP contribution is 2.14. The second-order valence-electron chi connectivity index (χ2n) is 1.72. The van der Waals surface area contributed by atoms with Crippen molar-refractivity contribution in [2.24, 2.45) is 0 Å². The minimum Gasteiger partial charge on any atom is -0.293 e. The molecule has 1 aromatic rings. The van der Waals surface area contributed by atoms with Crippen molar-refractivity contribution in [2.75, 3.05) is 0 Å². The molecule has 4 nitrogen and oxygen atoms in total. The molecular weight excluding hydrogens is 237 g/mol. The lowest BCUT2D eigenvalue weighted by molar-refractivity contribution is 0.101. The van der Waals surface area contributed by atoms with Gasteiger partial charge < -0.3 is 0 Å². The average molecular weight is 240 g/mol. The van der Waals surface area contributed by atoms with Crippen molar-refractivity contribution < 1.29 is 8.68 Å².